The van der Waals surface area contributed by atoms with Gasteiger partial charge < -0.3 is 4.74 Å². The highest BCUT2D eigenvalue weighted by Crippen LogP contribution is 2.23. The third-order valence-electron chi connectivity index (χ3n) is 3.42. The van der Waals surface area contributed by atoms with Crippen LogP contribution in [0.1, 0.15) is 33.3 Å². The average Bonchev–Trinajstić information content (AvgIpc) is 2.47. The van der Waals surface area contributed by atoms with Gasteiger partial charge in [0.1, 0.15) is 5.76 Å². The molecule has 0 aliphatic carbocycles. The van der Waals surface area contributed by atoms with Crippen LogP contribution < -0.4 is 0 Å². The van der Waals surface area contributed by atoms with E-state index in [1.807, 2.05) is 0 Å². The van der Waals surface area contributed by atoms with Crippen LogP contribution >= 0.6 is 0 Å². The smallest absolute Gasteiger partial charge is 0.142 e. The van der Waals surface area contributed by atoms with Crippen molar-refractivity contribution in [2.75, 3.05) is 7.11 Å². The third-order valence-corrected chi connectivity index (χ3v) is 3.42. The lowest BCUT2D eigenvalue weighted by molar-refractivity contribution is 0.208. The van der Waals surface area contributed by atoms with Gasteiger partial charge in [0.15, 0.2) is 0 Å². The van der Waals surface area contributed by atoms with E-state index in [1.165, 1.54) is 21.9 Å². The Kier molecular flexibility index (Phi) is 6.88. The SMILES string of the molecule is C=C(C)Cc1cccc2ccccc12.C=C=C(OC)C(C)(C)C. The molecule has 0 spiro atoms. The standard InChI is InChI=1S/C14H14.C8H14O/c1-11(2)10-13-8-5-7-12-6-3-4-9-14(12)13;1-6-7(9-5)8(2,3)4/h3-9H,1,10H2,2H3;1H2,2-5H3. The minimum Gasteiger partial charge on any atom is -0.493 e. The molecule has 0 bridgehead atoms. The van der Waals surface area contributed by atoms with E-state index in [4.69, 9.17) is 4.74 Å². The van der Waals surface area contributed by atoms with Gasteiger partial charge in [-0.15, -0.1) is 0 Å². The van der Waals surface area contributed by atoms with Crippen molar-refractivity contribution in [1.82, 2.24) is 0 Å². The second-order valence-corrected chi connectivity index (χ2v) is 6.73. The predicted molar refractivity (Wildman–Crippen MR) is 102 cm³/mol. The minimum atomic E-state index is 0.0382. The van der Waals surface area contributed by atoms with Gasteiger partial charge in [0, 0.05) is 5.41 Å². The molecule has 0 unspecified atom stereocenters. The fourth-order valence-corrected chi connectivity index (χ4v) is 2.42. The van der Waals surface area contributed by atoms with E-state index in [0.29, 0.717) is 0 Å². The lowest BCUT2D eigenvalue weighted by Crippen LogP contribution is -2.09. The van der Waals surface area contributed by atoms with Gasteiger partial charge in [-0.1, -0.05) is 87.7 Å². The summed E-state index contributed by atoms with van der Waals surface area (Å²) in [6, 6.07) is 14.9. The highest BCUT2D eigenvalue weighted by atomic mass is 16.5. The Balaban J connectivity index is 0.000000257. The summed E-state index contributed by atoms with van der Waals surface area (Å²) >= 11 is 0. The van der Waals surface area contributed by atoms with Crippen LogP contribution in [0, 0.1) is 5.41 Å². The van der Waals surface area contributed by atoms with Gasteiger partial charge in [0.05, 0.1) is 7.11 Å². The number of hydrogen-bond acceptors (Lipinski definition) is 1. The topological polar surface area (TPSA) is 9.23 Å². The van der Waals surface area contributed by atoms with E-state index < -0.39 is 0 Å². The molecule has 122 valence electrons. The summed E-state index contributed by atoms with van der Waals surface area (Å²) in [6.07, 6.45) is 0.974. The Morgan fingerprint density at radius 2 is 1.70 bits per heavy atom. The number of hydrogen-bond donors (Lipinski definition) is 0. The maximum atomic E-state index is 5.01. The van der Waals surface area contributed by atoms with Crippen molar-refractivity contribution in [3.63, 3.8) is 0 Å². The van der Waals surface area contributed by atoms with Crippen molar-refractivity contribution >= 4 is 10.8 Å². The van der Waals surface area contributed by atoms with Crippen LogP contribution in [0.4, 0.5) is 0 Å². The Morgan fingerprint density at radius 1 is 1.09 bits per heavy atom. The molecule has 0 atom stereocenters. The number of fused-ring (bicyclic) bond motifs is 1. The average molecular weight is 308 g/mol. The molecule has 0 heterocycles. The first-order valence-electron chi connectivity index (χ1n) is 7.85. The summed E-state index contributed by atoms with van der Waals surface area (Å²) in [5.74, 6) is 0.808. The van der Waals surface area contributed by atoms with Gasteiger partial charge >= 0.3 is 0 Å². The zero-order chi connectivity index (χ0) is 17.5. The maximum absolute atomic E-state index is 5.01. The summed E-state index contributed by atoms with van der Waals surface area (Å²) in [7, 11) is 1.64. The first-order chi connectivity index (χ1) is 10.8. The van der Waals surface area contributed by atoms with Gasteiger partial charge in [0.25, 0.3) is 0 Å². The lowest BCUT2D eigenvalue weighted by atomic mass is 9.94. The summed E-state index contributed by atoms with van der Waals surface area (Å²) in [5, 5.41) is 2.66. The molecule has 0 aromatic heterocycles. The minimum absolute atomic E-state index is 0.0382. The summed E-state index contributed by atoms with van der Waals surface area (Å²) in [6.45, 7) is 15.7. The maximum Gasteiger partial charge on any atom is 0.142 e. The first kappa shape index (κ1) is 18.8. The highest BCUT2D eigenvalue weighted by molar-refractivity contribution is 5.85. The van der Waals surface area contributed by atoms with Gasteiger partial charge in [-0.2, -0.15) is 0 Å². The summed E-state index contributed by atoms with van der Waals surface area (Å²) in [5.41, 5.74) is 5.35. The molecule has 1 heteroatoms. The molecule has 0 aliphatic heterocycles. The molecular formula is C22H28O. The van der Waals surface area contributed by atoms with Crippen LogP contribution in [0.2, 0.25) is 0 Å². The zero-order valence-electron chi connectivity index (χ0n) is 15.1. The van der Waals surface area contributed by atoms with Crippen molar-refractivity contribution < 1.29 is 4.74 Å². The Hall–Kier alpha value is -2.24. The van der Waals surface area contributed by atoms with Crippen molar-refractivity contribution in [2.45, 2.75) is 34.1 Å². The molecule has 23 heavy (non-hydrogen) atoms. The van der Waals surface area contributed by atoms with E-state index in [9.17, 15) is 0 Å². The van der Waals surface area contributed by atoms with Crippen molar-refractivity contribution in [2.24, 2.45) is 5.41 Å². The quantitative estimate of drug-likeness (QED) is 0.367. The van der Waals surface area contributed by atoms with Crippen molar-refractivity contribution in [3.05, 3.63) is 78.2 Å². The van der Waals surface area contributed by atoms with E-state index in [0.717, 1.165) is 12.2 Å². The van der Waals surface area contributed by atoms with Crippen LogP contribution in [0.5, 0.6) is 0 Å². The van der Waals surface area contributed by atoms with Crippen LogP contribution in [-0.2, 0) is 11.2 Å². The highest BCUT2D eigenvalue weighted by Gasteiger charge is 2.16. The first-order valence-corrected chi connectivity index (χ1v) is 7.85. The number of benzene rings is 2. The number of rotatable bonds is 3. The van der Waals surface area contributed by atoms with Crippen LogP contribution in [0.15, 0.2) is 72.7 Å². The second kappa shape index (κ2) is 8.41. The van der Waals surface area contributed by atoms with Crippen LogP contribution in [0.25, 0.3) is 10.8 Å². The fraction of sp³-hybridized carbons (Fsp3) is 0.318. The monoisotopic (exact) mass is 308 g/mol. The molecule has 0 saturated heterocycles. The fourth-order valence-electron chi connectivity index (χ4n) is 2.42. The van der Waals surface area contributed by atoms with E-state index in [-0.39, 0.29) is 5.41 Å². The third kappa shape index (κ3) is 5.81. The van der Waals surface area contributed by atoms with Crippen LogP contribution in [0.3, 0.4) is 0 Å². The molecule has 0 saturated carbocycles. The van der Waals surface area contributed by atoms with Gasteiger partial charge in [-0.05, 0) is 29.7 Å². The van der Waals surface area contributed by atoms with Gasteiger partial charge in [-0.25, -0.2) is 0 Å². The molecule has 2 aromatic carbocycles. The van der Waals surface area contributed by atoms with Gasteiger partial charge in [0.2, 0.25) is 0 Å². The van der Waals surface area contributed by atoms with Gasteiger partial charge in [-0.3, -0.25) is 0 Å². The molecule has 2 rings (SSSR count). The summed E-state index contributed by atoms with van der Waals surface area (Å²) in [4.78, 5) is 0. The predicted octanol–water partition coefficient (Wildman–Crippen LogP) is 6.31. The van der Waals surface area contributed by atoms with Crippen LogP contribution in [-0.4, -0.2) is 7.11 Å². The zero-order valence-corrected chi connectivity index (χ0v) is 15.1. The number of methoxy groups -OCH3 is 1. The molecule has 1 nitrogen and oxygen atoms in total. The molecule has 0 amide bonds. The summed E-state index contributed by atoms with van der Waals surface area (Å²) < 4.78 is 5.01. The Labute approximate surface area is 141 Å². The van der Waals surface area contributed by atoms with Crippen molar-refractivity contribution in [1.29, 1.82) is 0 Å². The molecule has 0 N–H and O–H groups in total. The molecular weight excluding hydrogens is 280 g/mol. The lowest BCUT2D eigenvalue weighted by Gasteiger charge is -2.18. The Bertz CT molecular complexity index is 705. The molecule has 0 aliphatic rings. The second-order valence-electron chi connectivity index (χ2n) is 6.73. The normalized spacial score (nSPS) is 10.3. The number of ether oxygens (including phenoxy) is 1. The largest absolute Gasteiger partial charge is 0.493 e. The van der Waals surface area contributed by atoms with E-state index >= 15 is 0 Å². The molecule has 0 fully saturated rings. The number of allylic oxidation sites excluding steroid dienone is 2. The Morgan fingerprint density at radius 3 is 2.17 bits per heavy atom. The van der Waals surface area contributed by atoms with E-state index in [1.54, 1.807) is 7.11 Å². The molecule has 0 radical (unpaired) electrons. The molecule has 2 aromatic rings. The van der Waals surface area contributed by atoms with E-state index in [2.05, 4.69) is 89.0 Å². The van der Waals surface area contributed by atoms with Crippen molar-refractivity contribution in [3.8, 4) is 0 Å².